The van der Waals surface area contributed by atoms with Crippen molar-refractivity contribution in [3.8, 4) is 5.75 Å². The Hall–Kier alpha value is -2.83. The number of rotatable bonds is 6. The van der Waals surface area contributed by atoms with Crippen molar-refractivity contribution < 1.29 is 23.8 Å². The van der Waals surface area contributed by atoms with E-state index in [1.807, 2.05) is 6.92 Å². The molecule has 0 aliphatic rings. The van der Waals surface area contributed by atoms with Gasteiger partial charge in [-0.15, -0.1) is 0 Å². The van der Waals surface area contributed by atoms with Crippen LogP contribution in [0.1, 0.15) is 37.5 Å². The zero-order valence-corrected chi connectivity index (χ0v) is 16.4. The zero-order valence-electron chi connectivity index (χ0n) is 16.4. The van der Waals surface area contributed by atoms with E-state index in [0.29, 0.717) is 22.3 Å². The number of nitrogens with one attached hydrogen (secondary N) is 1. The van der Waals surface area contributed by atoms with Gasteiger partial charge in [0.2, 0.25) is 0 Å². The Bertz CT molecular complexity index is 944. The van der Waals surface area contributed by atoms with E-state index in [1.54, 1.807) is 46.8 Å². The maximum atomic E-state index is 12.4. The molecule has 2 N–H and O–H groups in total. The standard InChI is InChI=1S/C20H25NO6/c1-9(2)17(19(23)24)21-18(22)13(6)26-14-7-10(3)8-15-16(14)11(4)12(5)20(25)27-15/h7-9,13,17H,1-6H3,(H,21,22)(H,23,24)/t13-,17+/m1/s1. The van der Waals surface area contributed by atoms with Gasteiger partial charge >= 0.3 is 11.6 Å². The lowest BCUT2D eigenvalue weighted by molar-refractivity contribution is -0.144. The van der Waals surface area contributed by atoms with Gasteiger partial charge in [-0.05, 0) is 56.9 Å². The number of aliphatic carboxylic acids is 1. The molecule has 2 aromatic rings. The molecule has 1 heterocycles. The molecule has 0 saturated heterocycles. The molecule has 27 heavy (non-hydrogen) atoms. The van der Waals surface area contributed by atoms with Crippen LogP contribution < -0.4 is 15.7 Å². The second kappa shape index (κ2) is 7.82. The second-order valence-corrected chi connectivity index (χ2v) is 7.10. The molecule has 0 fully saturated rings. The van der Waals surface area contributed by atoms with Gasteiger partial charge in [-0.1, -0.05) is 13.8 Å². The molecule has 0 unspecified atom stereocenters. The third-order valence-corrected chi connectivity index (χ3v) is 4.56. The van der Waals surface area contributed by atoms with Crippen LogP contribution in [0.2, 0.25) is 0 Å². The van der Waals surface area contributed by atoms with Crippen LogP contribution in [0.15, 0.2) is 21.3 Å². The third-order valence-electron chi connectivity index (χ3n) is 4.56. The molecule has 2 rings (SSSR count). The minimum atomic E-state index is -1.10. The maximum Gasteiger partial charge on any atom is 0.339 e. The van der Waals surface area contributed by atoms with Crippen LogP contribution >= 0.6 is 0 Å². The Labute approximate surface area is 157 Å². The summed E-state index contributed by atoms with van der Waals surface area (Å²) in [5, 5.41) is 12.4. The monoisotopic (exact) mass is 375 g/mol. The van der Waals surface area contributed by atoms with E-state index in [4.69, 9.17) is 9.15 Å². The van der Waals surface area contributed by atoms with Crippen LogP contribution in [-0.4, -0.2) is 29.1 Å². The quantitative estimate of drug-likeness (QED) is 0.752. The fourth-order valence-corrected chi connectivity index (χ4v) is 2.81. The molecular formula is C20H25NO6. The average molecular weight is 375 g/mol. The lowest BCUT2D eigenvalue weighted by Crippen LogP contribution is -2.48. The Morgan fingerprint density at radius 1 is 1.11 bits per heavy atom. The van der Waals surface area contributed by atoms with Crippen molar-refractivity contribution in [3.05, 3.63) is 39.2 Å². The summed E-state index contributed by atoms with van der Waals surface area (Å²) in [5.74, 6) is -1.48. The lowest BCUT2D eigenvalue weighted by atomic mass is 10.0. The van der Waals surface area contributed by atoms with Gasteiger partial charge in [-0.2, -0.15) is 0 Å². The number of aryl methyl sites for hydroxylation is 2. The highest BCUT2D eigenvalue weighted by Crippen LogP contribution is 2.31. The van der Waals surface area contributed by atoms with Gasteiger partial charge in [0, 0.05) is 5.56 Å². The zero-order chi connectivity index (χ0) is 20.5. The molecule has 1 aromatic heterocycles. The molecule has 0 aliphatic carbocycles. The molecule has 0 radical (unpaired) electrons. The van der Waals surface area contributed by atoms with Crippen molar-refractivity contribution in [3.63, 3.8) is 0 Å². The van der Waals surface area contributed by atoms with E-state index in [1.165, 1.54) is 0 Å². The minimum absolute atomic E-state index is 0.266. The van der Waals surface area contributed by atoms with Crippen LogP contribution in [0.25, 0.3) is 11.0 Å². The number of carbonyl (C=O) groups is 2. The van der Waals surface area contributed by atoms with Crippen LogP contribution in [0.5, 0.6) is 5.75 Å². The first-order valence-corrected chi connectivity index (χ1v) is 8.77. The molecule has 1 amide bonds. The van der Waals surface area contributed by atoms with Gasteiger partial charge < -0.3 is 19.6 Å². The Morgan fingerprint density at radius 3 is 2.30 bits per heavy atom. The number of hydrogen-bond acceptors (Lipinski definition) is 5. The van der Waals surface area contributed by atoms with E-state index >= 15 is 0 Å². The summed E-state index contributed by atoms with van der Waals surface area (Å²) < 4.78 is 11.2. The van der Waals surface area contributed by atoms with Crippen LogP contribution in [0.3, 0.4) is 0 Å². The predicted molar refractivity (Wildman–Crippen MR) is 101 cm³/mol. The van der Waals surface area contributed by atoms with Crippen molar-refractivity contribution >= 4 is 22.8 Å². The van der Waals surface area contributed by atoms with Crippen molar-refractivity contribution in [2.75, 3.05) is 0 Å². The number of carboxylic acid groups (broad SMARTS) is 1. The minimum Gasteiger partial charge on any atom is -0.480 e. The Morgan fingerprint density at radius 2 is 1.74 bits per heavy atom. The molecule has 0 bridgehead atoms. The summed E-state index contributed by atoms with van der Waals surface area (Å²) in [7, 11) is 0. The fraction of sp³-hybridized carbons (Fsp3) is 0.450. The van der Waals surface area contributed by atoms with Crippen molar-refractivity contribution in [2.45, 2.75) is 53.7 Å². The van der Waals surface area contributed by atoms with E-state index in [-0.39, 0.29) is 5.92 Å². The number of hydrogen-bond donors (Lipinski definition) is 2. The number of carboxylic acids is 1. The van der Waals surface area contributed by atoms with E-state index in [2.05, 4.69) is 5.32 Å². The third kappa shape index (κ3) is 4.30. The summed E-state index contributed by atoms with van der Waals surface area (Å²) in [6.45, 7) is 10.3. The lowest BCUT2D eigenvalue weighted by Gasteiger charge is -2.22. The van der Waals surface area contributed by atoms with Crippen molar-refractivity contribution in [2.24, 2.45) is 5.92 Å². The number of amides is 1. The second-order valence-electron chi connectivity index (χ2n) is 7.10. The first-order chi connectivity index (χ1) is 12.5. The molecule has 146 valence electrons. The number of fused-ring (bicyclic) bond motifs is 1. The fourth-order valence-electron chi connectivity index (χ4n) is 2.81. The SMILES string of the molecule is Cc1cc(O[C@H](C)C(=O)N[C@H](C(=O)O)C(C)C)c2c(C)c(C)c(=O)oc2c1. The maximum absolute atomic E-state index is 12.4. The normalized spacial score (nSPS) is 13.4. The highest BCUT2D eigenvalue weighted by atomic mass is 16.5. The van der Waals surface area contributed by atoms with E-state index in [9.17, 15) is 19.5 Å². The van der Waals surface area contributed by atoms with Crippen molar-refractivity contribution in [1.29, 1.82) is 0 Å². The first kappa shape index (κ1) is 20.5. The molecular weight excluding hydrogens is 350 g/mol. The average Bonchev–Trinajstić information content (AvgIpc) is 2.56. The molecule has 2 atom stereocenters. The summed E-state index contributed by atoms with van der Waals surface area (Å²) in [6.07, 6.45) is -0.928. The van der Waals surface area contributed by atoms with Gasteiger partial charge in [-0.25, -0.2) is 9.59 Å². The van der Waals surface area contributed by atoms with Crippen molar-refractivity contribution in [1.82, 2.24) is 5.32 Å². The van der Waals surface area contributed by atoms with Crippen LogP contribution in [0, 0.1) is 26.7 Å². The van der Waals surface area contributed by atoms with Gasteiger partial charge in [0.05, 0.1) is 5.39 Å². The summed E-state index contributed by atoms with van der Waals surface area (Å²) >= 11 is 0. The smallest absolute Gasteiger partial charge is 0.339 e. The molecule has 1 aromatic carbocycles. The summed E-state index contributed by atoms with van der Waals surface area (Å²) in [6, 6.07) is 2.50. The van der Waals surface area contributed by atoms with Crippen LogP contribution in [0.4, 0.5) is 0 Å². The largest absolute Gasteiger partial charge is 0.480 e. The highest BCUT2D eigenvalue weighted by molar-refractivity contribution is 5.90. The molecule has 7 nitrogen and oxygen atoms in total. The molecule has 0 saturated carbocycles. The van der Waals surface area contributed by atoms with Gasteiger partial charge in [0.25, 0.3) is 5.91 Å². The summed E-state index contributed by atoms with van der Waals surface area (Å²) in [4.78, 5) is 35.6. The Balaban J connectivity index is 2.37. The topological polar surface area (TPSA) is 106 Å². The Kier molecular flexibility index (Phi) is 5.93. The number of ether oxygens (including phenoxy) is 1. The predicted octanol–water partition coefficient (Wildman–Crippen LogP) is 2.71. The highest BCUT2D eigenvalue weighted by Gasteiger charge is 2.27. The van der Waals surface area contributed by atoms with Gasteiger partial charge in [0.1, 0.15) is 17.4 Å². The molecule has 7 heteroatoms. The van der Waals surface area contributed by atoms with Crippen LogP contribution in [-0.2, 0) is 9.59 Å². The molecule has 0 aliphatic heterocycles. The first-order valence-electron chi connectivity index (χ1n) is 8.77. The molecule has 0 spiro atoms. The van der Waals surface area contributed by atoms with Gasteiger partial charge in [-0.3, -0.25) is 4.79 Å². The van der Waals surface area contributed by atoms with E-state index in [0.717, 1.165) is 11.1 Å². The number of benzene rings is 1. The van der Waals surface area contributed by atoms with E-state index < -0.39 is 29.6 Å². The van der Waals surface area contributed by atoms with Gasteiger partial charge in [0.15, 0.2) is 6.10 Å². The summed E-state index contributed by atoms with van der Waals surface area (Å²) in [5.41, 5.74) is 1.97. The number of carbonyl (C=O) groups excluding carboxylic acids is 1.